The molecule has 12 nitrogen and oxygen atoms in total. The zero-order valence-electron chi connectivity index (χ0n) is 27.2. The van der Waals surface area contributed by atoms with Gasteiger partial charge in [-0.05, 0) is 57.0 Å². The fourth-order valence-electron chi connectivity index (χ4n) is 8.87. The molecule has 2 bridgehead atoms. The van der Waals surface area contributed by atoms with E-state index in [1.165, 1.54) is 18.9 Å². The van der Waals surface area contributed by atoms with Gasteiger partial charge in [0.05, 0.1) is 36.4 Å². The van der Waals surface area contributed by atoms with Gasteiger partial charge in [0.15, 0.2) is 23.0 Å². The van der Waals surface area contributed by atoms with Crippen LogP contribution < -0.4 is 18.9 Å². The van der Waals surface area contributed by atoms with E-state index in [0.29, 0.717) is 69.2 Å². The maximum Gasteiger partial charge on any atom is 0.308 e. The highest BCUT2D eigenvalue weighted by molar-refractivity contribution is 6.21. The number of hydrogen-bond acceptors (Lipinski definition) is 11. The monoisotopic (exact) mass is 650 g/mol. The molecule has 0 aliphatic carbocycles. The fourth-order valence-corrected chi connectivity index (χ4v) is 8.87. The van der Waals surface area contributed by atoms with Crippen LogP contribution in [-0.4, -0.2) is 83.2 Å². The maximum atomic E-state index is 13.8. The number of aryl methyl sites for hydroxylation is 1. The quantitative estimate of drug-likeness (QED) is 0.251. The second-order valence-corrected chi connectivity index (χ2v) is 13.1. The average Bonchev–Trinajstić information content (AvgIpc) is 3.64. The van der Waals surface area contributed by atoms with Gasteiger partial charge in [-0.3, -0.25) is 29.1 Å². The zero-order chi connectivity index (χ0) is 33.8. The minimum atomic E-state index is -0.745. The zero-order valence-corrected chi connectivity index (χ0v) is 27.2. The van der Waals surface area contributed by atoms with E-state index in [0.717, 1.165) is 11.1 Å². The third-order valence-corrected chi connectivity index (χ3v) is 10.7. The molecule has 5 heterocycles. The maximum absolute atomic E-state index is 13.8. The van der Waals surface area contributed by atoms with Crippen LogP contribution in [0.4, 0.5) is 0 Å². The fraction of sp³-hybridized carbons (Fsp3) is 0.389. The first-order valence-corrected chi connectivity index (χ1v) is 15.9. The number of benzene rings is 3. The molecule has 3 aromatic rings. The standard InChI is InChI=1S/C36H34N4O8/c1-16-10-19-11-23-25(13-37)40-24(29(38(23)4)27(19)30(42)31(16)45-5)12-22-28(34-33(46-15-47-34)17(2)32(22)48-18(3)41)26(40)14-39-35(43)20-8-6-7-9-21(20)36(39)44/h6-10,23-26,29,42H,11-12,14-15H2,1-5H3/t23-,24?,25+,26+,29-/m1/s1. The first kappa shape index (κ1) is 30.2. The second-order valence-electron chi connectivity index (χ2n) is 13.1. The van der Waals surface area contributed by atoms with Crippen molar-refractivity contribution < 1.29 is 38.4 Å². The number of carbonyl (C=O) groups excluding carboxylic acids is 3. The van der Waals surface area contributed by atoms with Crippen molar-refractivity contribution in [3.8, 4) is 34.8 Å². The molecular weight excluding hydrogens is 616 g/mol. The molecule has 48 heavy (non-hydrogen) atoms. The molecule has 2 amide bonds. The second kappa shape index (κ2) is 10.7. The molecule has 246 valence electrons. The molecule has 1 N–H and O–H groups in total. The number of methoxy groups -OCH3 is 1. The number of esters is 1. The number of phenolic OH excluding ortho intramolecular Hbond substituents is 1. The number of rotatable bonds is 4. The lowest BCUT2D eigenvalue weighted by Gasteiger charge is -2.60. The third-order valence-electron chi connectivity index (χ3n) is 10.7. The first-order valence-electron chi connectivity index (χ1n) is 15.9. The molecule has 5 aliphatic rings. The number of piperazine rings is 1. The van der Waals surface area contributed by atoms with E-state index in [1.807, 2.05) is 20.0 Å². The Labute approximate surface area is 276 Å². The number of nitriles is 1. The lowest BCUT2D eigenvalue weighted by atomic mass is 9.71. The molecule has 5 aliphatic heterocycles. The molecule has 1 unspecified atom stereocenters. The molecule has 5 atom stereocenters. The Morgan fingerprint density at radius 2 is 1.73 bits per heavy atom. The molecule has 0 spiro atoms. The van der Waals surface area contributed by atoms with Crippen molar-refractivity contribution in [1.82, 2.24) is 14.7 Å². The van der Waals surface area contributed by atoms with E-state index in [-0.39, 0.29) is 25.1 Å². The summed E-state index contributed by atoms with van der Waals surface area (Å²) in [6.07, 6.45) is 0.794. The normalized spacial score (nSPS) is 25.2. The van der Waals surface area contributed by atoms with E-state index < -0.39 is 42.0 Å². The predicted octanol–water partition coefficient (Wildman–Crippen LogP) is 3.74. The summed E-state index contributed by atoms with van der Waals surface area (Å²) in [6.45, 7) is 4.86. The number of fused-ring (bicyclic) bond motifs is 10. The van der Waals surface area contributed by atoms with Crippen LogP contribution in [0.25, 0.3) is 0 Å². The van der Waals surface area contributed by atoms with Crippen molar-refractivity contribution in [3.63, 3.8) is 0 Å². The molecule has 3 aromatic carbocycles. The van der Waals surface area contributed by atoms with Crippen molar-refractivity contribution in [2.75, 3.05) is 27.5 Å². The number of ether oxygens (including phenoxy) is 4. The Kier molecular flexibility index (Phi) is 6.74. The van der Waals surface area contributed by atoms with Gasteiger partial charge in [0.2, 0.25) is 6.79 Å². The van der Waals surface area contributed by atoms with Gasteiger partial charge in [0, 0.05) is 47.8 Å². The van der Waals surface area contributed by atoms with Crippen molar-refractivity contribution >= 4 is 17.8 Å². The Morgan fingerprint density at radius 3 is 2.38 bits per heavy atom. The van der Waals surface area contributed by atoms with Crippen molar-refractivity contribution in [3.05, 3.63) is 74.8 Å². The number of likely N-dealkylation sites (N-methyl/N-ethyl adjacent to an activating group) is 1. The van der Waals surface area contributed by atoms with Crippen LogP contribution in [0.15, 0.2) is 30.3 Å². The SMILES string of the molecule is COc1c(C)cc2c(c1O)[C@H]1C3Cc4c(OC(C)=O)c(C)c5c(c4[C@H](CN4C(=O)c6ccccc6C4=O)N3[C@@H](C#N)[C@@H](C2)N1C)OCO5. The van der Waals surface area contributed by atoms with Crippen LogP contribution in [-0.2, 0) is 17.6 Å². The van der Waals surface area contributed by atoms with E-state index in [2.05, 4.69) is 15.9 Å². The van der Waals surface area contributed by atoms with Crippen LogP contribution in [0, 0.1) is 25.2 Å². The summed E-state index contributed by atoms with van der Waals surface area (Å²) < 4.78 is 23.6. The van der Waals surface area contributed by atoms with E-state index in [1.54, 1.807) is 31.2 Å². The van der Waals surface area contributed by atoms with Crippen LogP contribution in [0.3, 0.4) is 0 Å². The van der Waals surface area contributed by atoms with E-state index in [4.69, 9.17) is 18.9 Å². The lowest BCUT2D eigenvalue weighted by molar-refractivity contribution is -0.132. The Morgan fingerprint density at radius 1 is 1.04 bits per heavy atom. The average molecular weight is 651 g/mol. The Hall–Kier alpha value is -5.12. The van der Waals surface area contributed by atoms with Gasteiger partial charge in [0.25, 0.3) is 11.8 Å². The summed E-state index contributed by atoms with van der Waals surface area (Å²) in [5.41, 5.74) is 4.94. The summed E-state index contributed by atoms with van der Waals surface area (Å²) in [4.78, 5) is 45.6. The Bertz CT molecular complexity index is 1970. The number of phenols is 1. The summed E-state index contributed by atoms with van der Waals surface area (Å²) in [6, 6.07) is 8.71. The topological polar surface area (TPSA) is 142 Å². The summed E-state index contributed by atoms with van der Waals surface area (Å²) in [7, 11) is 3.48. The first-order chi connectivity index (χ1) is 23.1. The molecule has 8 rings (SSSR count). The minimum Gasteiger partial charge on any atom is -0.504 e. The number of nitrogens with zero attached hydrogens (tertiary/aromatic N) is 4. The molecule has 1 saturated heterocycles. The van der Waals surface area contributed by atoms with Crippen LogP contribution >= 0.6 is 0 Å². The van der Waals surface area contributed by atoms with Gasteiger partial charge in [0.1, 0.15) is 11.8 Å². The molecule has 0 radical (unpaired) electrons. The van der Waals surface area contributed by atoms with Crippen LogP contribution in [0.1, 0.15) is 73.1 Å². The van der Waals surface area contributed by atoms with Gasteiger partial charge in [-0.2, -0.15) is 5.26 Å². The highest BCUT2D eigenvalue weighted by Crippen LogP contribution is 2.58. The predicted molar refractivity (Wildman–Crippen MR) is 169 cm³/mol. The summed E-state index contributed by atoms with van der Waals surface area (Å²) >= 11 is 0. The van der Waals surface area contributed by atoms with Crippen LogP contribution in [0.5, 0.6) is 28.7 Å². The summed E-state index contributed by atoms with van der Waals surface area (Å²) in [5.74, 6) is 0.250. The highest BCUT2D eigenvalue weighted by atomic mass is 16.7. The van der Waals surface area contributed by atoms with Gasteiger partial charge in [-0.1, -0.05) is 18.2 Å². The molecule has 1 fully saturated rings. The molecular formula is C36H34N4O8. The number of amides is 2. The van der Waals surface area contributed by atoms with E-state index in [9.17, 15) is 24.8 Å². The van der Waals surface area contributed by atoms with Crippen molar-refractivity contribution in [2.24, 2.45) is 0 Å². The molecule has 0 aromatic heterocycles. The minimum absolute atomic E-state index is 0.0444. The third kappa shape index (κ3) is 3.98. The van der Waals surface area contributed by atoms with Crippen LogP contribution in [0.2, 0.25) is 0 Å². The number of carbonyl (C=O) groups is 3. The molecule has 12 heteroatoms. The number of hydrogen-bond donors (Lipinski definition) is 1. The van der Waals surface area contributed by atoms with Gasteiger partial charge in [-0.15, -0.1) is 0 Å². The largest absolute Gasteiger partial charge is 0.504 e. The highest BCUT2D eigenvalue weighted by Gasteiger charge is 2.57. The Balaban J connectivity index is 1.38. The molecule has 0 saturated carbocycles. The van der Waals surface area contributed by atoms with Gasteiger partial charge >= 0.3 is 5.97 Å². The smallest absolute Gasteiger partial charge is 0.308 e. The summed E-state index contributed by atoms with van der Waals surface area (Å²) in [5, 5.41) is 22.6. The van der Waals surface area contributed by atoms with Crippen molar-refractivity contribution in [1.29, 1.82) is 5.26 Å². The van der Waals surface area contributed by atoms with E-state index >= 15 is 0 Å². The van der Waals surface area contributed by atoms with Gasteiger partial charge in [-0.25, -0.2) is 0 Å². The van der Waals surface area contributed by atoms with Gasteiger partial charge < -0.3 is 24.1 Å². The number of aromatic hydroxyl groups is 1. The van der Waals surface area contributed by atoms with Crippen molar-refractivity contribution in [2.45, 2.75) is 63.8 Å². The number of imide groups is 1. The lowest BCUT2D eigenvalue weighted by Crippen LogP contribution is -2.68.